The Balaban J connectivity index is 2.40. The molecule has 92 valence electrons. The number of amides is 1. The van der Waals surface area contributed by atoms with Crippen LogP contribution in [0, 0.1) is 11.8 Å². The second-order valence-corrected chi connectivity index (χ2v) is 4.82. The fourth-order valence-corrected chi connectivity index (χ4v) is 1.94. The monoisotopic (exact) mass is 228 g/mol. The van der Waals surface area contributed by atoms with Crippen LogP contribution >= 0.6 is 0 Å². The van der Waals surface area contributed by atoms with E-state index in [1.807, 2.05) is 13.8 Å². The summed E-state index contributed by atoms with van der Waals surface area (Å²) in [6.45, 7) is 3.78. The summed E-state index contributed by atoms with van der Waals surface area (Å²) in [5.41, 5.74) is 5.70. The molecule has 0 radical (unpaired) electrons. The Bertz CT molecular complexity index is 278. The number of hydrogen-bond acceptors (Lipinski definition) is 3. The first kappa shape index (κ1) is 13.0. The van der Waals surface area contributed by atoms with Crippen molar-refractivity contribution in [3.8, 4) is 0 Å². The Morgan fingerprint density at radius 3 is 2.44 bits per heavy atom. The van der Waals surface area contributed by atoms with E-state index >= 15 is 0 Å². The molecule has 5 heteroatoms. The smallest absolute Gasteiger partial charge is 0.306 e. The van der Waals surface area contributed by atoms with E-state index in [9.17, 15) is 9.59 Å². The maximum atomic E-state index is 11.6. The molecule has 4 N–H and O–H groups in total. The van der Waals surface area contributed by atoms with Crippen LogP contribution in [-0.2, 0) is 9.59 Å². The number of hydrogen-bond donors (Lipinski definition) is 3. The zero-order chi connectivity index (χ0) is 12.3. The van der Waals surface area contributed by atoms with Gasteiger partial charge in [0.15, 0.2) is 0 Å². The summed E-state index contributed by atoms with van der Waals surface area (Å²) in [6.07, 6.45) is 1.89. The number of aliphatic carboxylic acids is 1. The molecule has 2 unspecified atom stereocenters. The van der Waals surface area contributed by atoms with Gasteiger partial charge < -0.3 is 16.2 Å². The Labute approximate surface area is 95.4 Å². The topological polar surface area (TPSA) is 92.4 Å². The lowest BCUT2D eigenvalue weighted by Gasteiger charge is -2.19. The van der Waals surface area contributed by atoms with Crippen LogP contribution in [0.15, 0.2) is 0 Å². The van der Waals surface area contributed by atoms with Crippen molar-refractivity contribution in [1.29, 1.82) is 0 Å². The van der Waals surface area contributed by atoms with Gasteiger partial charge in [-0.25, -0.2) is 0 Å². The first-order chi connectivity index (χ1) is 7.41. The minimum absolute atomic E-state index is 0.0293. The molecule has 0 saturated heterocycles. The molecule has 1 fully saturated rings. The highest BCUT2D eigenvalue weighted by Gasteiger charge is 2.31. The van der Waals surface area contributed by atoms with E-state index in [0.29, 0.717) is 12.8 Å². The zero-order valence-electron chi connectivity index (χ0n) is 9.77. The lowest BCUT2D eigenvalue weighted by Crippen LogP contribution is -2.47. The minimum Gasteiger partial charge on any atom is -0.481 e. The summed E-state index contributed by atoms with van der Waals surface area (Å²) in [6, 6.07) is -0.540. The average molecular weight is 228 g/mol. The molecule has 1 amide bonds. The molecule has 0 heterocycles. The average Bonchev–Trinajstić information content (AvgIpc) is 2.64. The second-order valence-electron chi connectivity index (χ2n) is 4.82. The molecule has 16 heavy (non-hydrogen) atoms. The molecular weight excluding hydrogens is 208 g/mol. The molecule has 0 bridgehead atoms. The van der Waals surface area contributed by atoms with E-state index in [2.05, 4.69) is 5.32 Å². The van der Waals surface area contributed by atoms with E-state index < -0.39 is 12.0 Å². The van der Waals surface area contributed by atoms with Gasteiger partial charge in [0.25, 0.3) is 0 Å². The van der Waals surface area contributed by atoms with Crippen LogP contribution in [0.3, 0.4) is 0 Å². The molecule has 1 saturated carbocycles. The number of rotatable bonds is 4. The largest absolute Gasteiger partial charge is 0.481 e. The van der Waals surface area contributed by atoms with Crippen LogP contribution in [0.1, 0.15) is 33.1 Å². The van der Waals surface area contributed by atoms with Gasteiger partial charge in [-0.2, -0.15) is 0 Å². The molecule has 3 atom stereocenters. The number of nitrogens with two attached hydrogens (primary N) is 1. The Morgan fingerprint density at radius 2 is 2.00 bits per heavy atom. The third kappa shape index (κ3) is 3.20. The number of carbonyl (C=O) groups excluding carboxylic acids is 1. The molecule has 0 aliphatic heterocycles. The van der Waals surface area contributed by atoms with E-state index in [0.717, 1.165) is 6.42 Å². The van der Waals surface area contributed by atoms with E-state index in [-0.39, 0.29) is 23.8 Å². The Kier molecular flexibility index (Phi) is 4.29. The first-order valence-corrected chi connectivity index (χ1v) is 5.70. The lowest BCUT2D eigenvalue weighted by molar-refractivity contribution is -0.141. The van der Waals surface area contributed by atoms with Crippen molar-refractivity contribution in [1.82, 2.24) is 5.32 Å². The summed E-state index contributed by atoms with van der Waals surface area (Å²) in [7, 11) is 0. The van der Waals surface area contributed by atoms with E-state index in [1.165, 1.54) is 0 Å². The van der Waals surface area contributed by atoms with Crippen molar-refractivity contribution in [2.75, 3.05) is 0 Å². The second kappa shape index (κ2) is 5.30. The molecule has 1 aliphatic rings. The van der Waals surface area contributed by atoms with Crippen LogP contribution in [0.25, 0.3) is 0 Å². The lowest BCUT2D eigenvalue weighted by atomic mass is 10.0. The van der Waals surface area contributed by atoms with Gasteiger partial charge in [-0.3, -0.25) is 9.59 Å². The zero-order valence-corrected chi connectivity index (χ0v) is 9.77. The minimum atomic E-state index is -0.773. The molecule has 5 nitrogen and oxygen atoms in total. The van der Waals surface area contributed by atoms with Gasteiger partial charge in [-0.05, 0) is 25.2 Å². The van der Waals surface area contributed by atoms with Crippen LogP contribution in [-0.4, -0.2) is 29.1 Å². The Morgan fingerprint density at radius 1 is 1.38 bits per heavy atom. The molecule has 0 aromatic carbocycles. The van der Waals surface area contributed by atoms with Gasteiger partial charge in [0.2, 0.25) is 5.91 Å². The summed E-state index contributed by atoms with van der Waals surface area (Å²) in [5, 5.41) is 11.6. The number of carboxylic acids is 1. The van der Waals surface area contributed by atoms with Gasteiger partial charge in [0, 0.05) is 6.04 Å². The van der Waals surface area contributed by atoms with Gasteiger partial charge in [-0.1, -0.05) is 13.8 Å². The highest BCUT2D eigenvalue weighted by atomic mass is 16.4. The van der Waals surface area contributed by atoms with Crippen LogP contribution in [0.2, 0.25) is 0 Å². The van der Waals surface area contributed by atoms with Crippen LogP contribution < -0.4 is 11.1 Å². The normalized spacial score (nSPS) is 26.8. The predicted molar refractivity (Wildman–Crippen MR) is 59.7 cm³/mol. The predicted octanol–water partition coefficient (Wildman–Crippen LogP) is 0.339. The number of nitrogens with one attached hydrogen (secondary N) is 1. The van der Waals surface area contributed by atoms with Crippen molar-refractivity contribution >= 4 is 11.9 Å². The summed E-state index contributed by atoms with van der Waals surface area (Å²) in [5.74, 6) is -1.17. The van der Waals surface area contributed by atoms with Gasteiger partial charge >= 0.3 is 5.97 Å². The van der Waals surface area contributed by atoms with Crippen molar-refractivity contribution in [3.63, 3.8) is 0 Å². The van der Waals surface area contributed by atoms with Crippen LogP contribution in [0.5, 0.6) is 0 Å². The standard InChI is InChI=1S/C11H20N2O3/c1-6(2)9(12)10(14)13-8-4-3-7(5-8)11(15)16/h6-9H,3-5,12H2,1-2H3,(H,13,14)(H,15,16)/t7?,8?,9-/m1/s1. The number of carbonyl (C=O) groups is 2. The molecule has 0 spiro atoms. The van der Waals surface area contributed by atoms with Crippen molar-refractivity contribution in [2.45, 2.75) is 45.2 Å². The summed E-state index contributed by atoms with van der Waals surface area (Å²) >= 11 is 0. The number of carboxylic acid groups (broad SMARTS) is 1. The SMILES string of the molecule is CC(C)[C@@H](N)C(=O)NC1CCC(C(=O)O)C1. The molecule has 0 aromatic rings. The van der Waals surface area contributed by atoms with Crippen molar-refractivity contribution < 1.29 is 14.7 Å². The highest BCUT2D eigenvalue weighted by molar-refractivity contribution is 5.82. The maximum Gasteiger partial charge on any atom is 0.306 e. The highest BCUT2D eigenvalue weighted by Crippen LogP contribution is 2.25. The summed E-state index contributed by atoms with van der Waals surface area (Å²) in [4.78, 5) is 22.4. The van der Waals surface area contributed by atoms with Crippen molar-refractivity contribution in [3.05, 3.63) is 0 Å². The summed E-state index contributed by atoms with van der Waals surface area (Å²) < 4.78 is 0. The third-order valence-electron chi connectivity index (χ3n) is 3.15. The molecule has 0 aromatic heterocycles. The molecule has 1 rings (SSSR count). The van der Waals surface area contributed by atoms with E-state index in [4.69, 9.17) is 10.8 Å². The van der Waals surface area contributed by atoms with Gasteiger partial charge in [0.1, 0.15) is 0 Å². The maximum absolute atomic E-state index is 11.6. The van der Waals surface area contributed by atoms with Crippen LogP contribution in [0.4, 0.5) is 0 Å². The van der Waals surface area contributed by atoms with Gasteiger partial charge in [-0.15, -0.1) is 0 Å². The first-order valence-electron chi connectivity index (χ1n) is 5.70. The van der Waals surface area contributed by atoms with Crippen molar-refractivity contribution in [2.24, 2.45) is 17.6 Å². The molecule has 1 aliphatic carbocycles. The third-order valence-corrected chi connectivity index (χ3v) is 3.15. The van der Waals surface area contributed by atoms with E-state index in [1.54, 1.807) is 0 Å². The van der Waals surface area contributed by atoms with Gasteiger partial charge in [0.05, 0.1) is 12.0 Å². The molecular formula is C11H20N2O3. The Hall–Kier alpha value is -1.10. The fourth-order valence-electron chi connectivity index (χ4n) is 1.94. The quantitative estimate of drug-likeness (QED) is 0.647. The fraction of sp³-hybridized carbons (Fsp3) is 0.818.